The fraction of sp³-hybridized carbons (Fsp3) is 0.360. The van der Waals surface area contributed by atoms with E-state index in [4.69, 9.17) is 14.2 Å². The van der Waals surface area contributed by atoms with Gasteiger partial charge in [-0.25, -0.2) is 9.79 Å². The van der Waals surface area contributed by atoms with Crippen molar-refractivity contribution in [3.8, 4) is 11.5 Å². The molecule has 2 aromatic rings. The second-order valence-corrected chi connectivity index (χ2v) is 8.71. The number of aliphatic imine (C=N–C) groups is 1. The number of hydrogen-bond acceptors (Lipinski definition) is 8. The van der Waals surface area contributed by atoms with Crippen LogP contribution in [0.2, 0.25) is 0 Å². The first-order valence-corrected chi connectivity index (χ1v) is 12.1. The molecule has 2 aromatic carbocycles. The minimum absolute atomic E-state index is 0.0601. The number of amides is 2. The lowest BCUT2D eigenvalue weighted by Crippen LogP contribution is -2.46. The molecule has 1 aliphatic rings. The van der Waals surface area contributed by atoms with Crippen LogP contribution in [0, 0.1) is 0 Å². The van der Waals surface area contributed by atoms with Gasteiger partial charge >= 0.3 is 5.97 Å². The van der Waals surface area contributed by atoms with Crippen LogP contribution in [0.4, 0.5) is 5.69 Å². The SMILES string of the molecule is CCNC(=O)C1CC(=O)N(Cc2ccc(OC)c(OC)c2)C(=Nc2ccc(C(=O)OCC)cc2)S1. The van der Waals surface area contributed by atoms with E-state index in [-0.39, 0.29) is 31.4 Å². The summed E-state index contributed by atoms with van der Waals surface area (Å²) in [4.78, 5) is 43.8. The van der Waals surface area contributed by atoms with Crippen LogP contribution in [-0.2, 0) is 20.9 Å². The lowest BCUT2D eigenvalue weighted by atomic mass is 10.1. The summed E-state index contributed by atoms with van der Waals surface area (Å²) >= 11 is 1.24. The van der Waals surface area contributed by atoms with E-state index in [1.165, 1.54) is 11.8 Å². The third-order valence-electron chi connectivity index (χ3n) is 5.17. The molecule has 1 N–H and O–H groups in total. The van der Waals surface area contributed by atoms with E-state index in [0.717, 1.165) is 5.56 Å². The number of amidine groups is 1. The molecule has 0 saturated carbocycles. The number of carbonyl (C=O) groups is 3. The first-order valence-electron chi connectivity index (χ1n) is 11.2. The number of thioether (sulfide) groups is 1. The highest BCUT2D eigenvalue weighted by atomic mass is 32.2. The highest BCUT2D eigenvalue weighted by Gasteiger charge is 2.35. The summed E-state index contributed by atoms with van der Waals surface area (Å²) in [6, 6.07) is 12.0. The minimum Gasteiger partial charge on any atom is -0.493 e. The van der Waals surface area contributed by atoms with Gasteiger partial charge in [0.05, 0.1) is 43.9 Å². The average Bonchev–Trinajstić information content (AvgIpc) is 2.86. The standard InChI is InChI=1S/C25H29N3O6S/c1-5-26-23(30)21-14-22(29)28(15-16-7-12-19(32-3)20(13-16)33-4)25(35-21)27-18-10-8-17(9-11-18)24(31)34-6-2/h7-13,21H,5-6,14-15H2,1-4H3,(H,26,30). The van der Waals surface area contributed by atoms with Gasteiger partial charge in [0.15, 0.2) is 16.7 Å². The van der Waals surface area contributed by atoms with Crippen LogP contribution in [0.1, 0.15) is 36.2 Å². The molecule has 0 aliphatic carbocycles. The van der Waals surface area contributed by atoms with Gasteiger partial charge in [-0.05, 0) is 55.8 Å². The summed E-state index contributed by atoms with van der Waals surface area (Å²) in [5, 5.41) is 2.59. The van der Waals surface area contributed by atoms with Gasteiger partial charge in [0, 0.05) is 13.0 Å². The molecule has 1 atom stereocenters. The van der Waals surface area contributed by atoms with Gasteiger partial charge in [-0.15, -0.1) is 0 Å². The Kier molecular flexibility index (Phi) is 9.13. The maximum atomic E-state index is 13.1. The Morgan fingerprint density at radius 1 is 1.09 bits per heavy atom. The lowest BCUT2D eigenvalue weighted by molar-refractivity contribution is -0.130. The molecule has 1 heterocycles. The Balaban J connectivity index is 1.92. The molecule has 1 aliphatic heterocycles. The first kappa shape index (κ1) is 26.1. The predicted octanol–water partition coefficient (Wildman–Crippen LogP) is 3.54. The molecule has 0 radical (unpaired) electrons. The Morgan fingerprint density at radius 2 is 1.80 bits per heavy atom. The fourth-order valence-corrected chi connectivity index (χ4v) is 4.57. The number of rotatable bonds is 9. The summed E-state index contributed by atoms with van der Waals surface area (Å²) in [7, 11) is 3.11. The Hall–Kier alpha value is -3.53. The summed E-state index contributed by atoms with van der Waals surface area (Å²) in [5.74, 6) is 0.303. The van der Waals surface area contributed by atoms with Gasteiger partial charge in [-0.1, -0.05) is 17.8 Å². The van der Waals surface area contributed by atoms with Gasteiger partial charge in [-0.2, -0.15) is 0 Å². The first-order chi connectivity index (χ1) is 16.9. The molecule has 1 unspecified atom stereocenters. The van der Waals surface area contributed by atoms with Crippen molar-refractivity contribution in [2.24, 2.45) is 4.99 Å². The van der Waals surface area contributed by atoms with Gasteiger partial charge < -0.3 is 19.5 Å². The topological polar surface area (TPSA) is 107 Å². The van der Waals surface area contributed by atoms with E-state index in [9.17, 15) is 14.4 Å². The van der Waals surface area contributed by atoms with Crippen LogP contribution in [0.5, 0.6) is 11.5 Å². The largest absolute Gasteiger partial charge is 0.493 e. The van der Waals surface area contributed by atoms with Crippen molar-refractivity contribution < 1.29 is 28.6 Å². The van der Waals surface area contributed by atoms with Crippen molar-refractivity contribution in [3.05, 3.63) is 53.6 Å². The monoisotopic (exact) mass is 499 g/mol. The second-order valence-electron chi connectivity index (χ2n) is 7.54. The van der Waals surface area contributed by atoms with E-state index in [2.05, 4.69) is 10.3 Å². The number of benzene rings is 2. The molecule has 10 heteroatoms. The smallest absolute Gasteiger partial charge is 0.338 e. The average molecular weight is 500 g/mol. The van der Waals surface area contributed by atoms with Crippen LogP contribution in [0.3, 0.4) is 0 Å². The third kappa shape index (κ3) is 6.54. The van der Waals surface area contributed by atoms with Crippen molar-refractivity contribution in [1.29, 1.82) is 0 Å². The van der Waals surface area contributed by atoms with Gasteiger partial charge in [-0.3, -0.25) is 14.5 Å². The van der Waals surface area contributed by atoms with E-state index >= 15 is 0 Å². The molecular formula is C25H29N3O6S. The molecule has 9 nitrogen and oxygen atoms in total. The van der Waals surface area contributed by atoms with Crippen molar-refractivity contribution in [2.45, 2.75) is 32.1 Å². The van der Waals surface area contributed by atoms with Crippen LogP contribution >= 0.6 is 11.8 Å². The summed E-state index contributed by atoms with van der Waals surface area (Å²) < 4.78 is 15.7. The third-order valence-corrected chi connectivity index (χ3v) is 6.36. The van der Waals surface area contributed by atoms with Crippen LogP contribution in [0.25, 0.3) is 0 Å². The van der Waals surface area contributed by atoms with Crippen LogP contribution in [-0.4, -0.2) is 60.5 Å². The molecule has 35 heavy (non-hydrogen) atoms. The van der Waals surface area contributed by atoms with Gasteiger partial charge in [0.2, 0.25) is 11.8 Å². The number of methoxy groups -OCH3 is 2. The van der Waals surface area contributed by atoms with Crippen molar-refractivity contribution in [3.63, 3.8) is 0 Å². The number of esters is 1. The Bertz CT molecular complexity index is 1100. The molecule has 3 rings (SSSR count). The summed E-state index contributed by atoms with van der Waals surface area (Å²) in [6.07, 6.45) is 0.0601. The van der Waals surface area contributed by atoms with Crippen molar-refractivity contribution in [1.82, 2.24) is 10.2 Å². The molecule has 0 aromatic heterocycles. The number of nitrogens with one attached hydrogen (secondary N) is 1. The quantitative estimate of drug-likeness (QED) is 0.526. The highest BCUT2D eigenvalue weighted by Crippen LogP contribution is 2.32. The normalized spacial score (nSPS) is 16.7. The summed E-state index contributed by atoms with van der Waals surface area (Å²) in [6.45, 7) is 4.58. The van der Waals surface area contributed by atoms with E-state index in [1.54, 1.807) is 62.4 Å². The lowest BCUT2D eigenvalue weighted by Gasteiger charge is -2.32. The number of nitrogens with zero attached hydrogens (tertiary/aromatic N) is 2. The minimum atomic E-state index is -0.582. The zero-order valence-electron chi connectivity index (χ0n) is 20.2. The Labute approximate surface area is 208 Å². The van der Waals surface area contributed by atoms with Crippen molar-refractivity contribution in [2.75, 3.05) is 27.4 Å². The van der Waals surface area contributed by atoms with E-state index in [1.807, 2.05) is 13.0 Å². The maximum Gasteiger partial charge on any atom is 0.338 e. The molecule has 186 valence electrons. The van der Waals surface area contributed by atoms with Crippen LogP contribution < -0.4 is 14.8 Å². The van der Waals surface area contributed by atoms with Crippen LogP contribution in [0.15, 0.2) is 47.5 Å². The number of carbonyl (C=O) groups excluding carboxylic acids is 3. The molecule has 1 fully saturated rings. The van der Waals surface area contributed by atoms with E-state index in [0.29, 0.717) is 34.5 Å². The summed E-state index contributed by atoms with van der Waals surface area (Å²) in [5.41, 5.74) is 1.77. The van der Waals surface area contributed by atoms with Gasteiger partial charge in [0.25, 0.3) is 0 Å². The zero-order chi connectivity index (χ0) is 25.4. The zero-order valence-corrected chi connectivity index (χ0v) is 21.0. The predicted molar refractivity (Wildman–Crippen MR) is 134 cm³/mol. The molecule has 0 spiro atoms. The fourth-order valence-electron chi connectivity index (χ4n) is 3.44. The molecule has 1 saturated heterocycles. The van der Waals surface area contributed by atoms with Crippen molar-refractivity contribution >= 4 is 40.4 Å². The number of ether oxygens (including phenoxy) is 3. The Morgan fingerprint density at radius 3 is 2.43 bits per heavy atom. The maximum absolute atomic E-state index is 13.1. The second kappa shape index (κ2) is 12.3. The number of hydrogen-bond donors (Lipinski definition) is 1. The highest BCUT2D eigenvalue weighted by molar-refractivity contribution is 8.15. The molecule has 0 bridgehead atoms. The molecule has 2 amide bonds. The van der Waals surface area contributed by atoms with E-state index < -0.39 is 11.2 Å². The molecular weight excluding hydrogens is 470 g/mol. The van der Waals surface area contributed by atoms with Gasteiger partial charge in [0.1, 0.15) is 0 Å².